The van der Waals surface area contributed by atoms with Crippen LogP contribution in [-0.4, -0.2) is 82.6 Å². The Hall–Kier alpha value is -3.95. The average Bonchev–Trinajstić information content (AvgIpc) is 2.75. The molecule has 0 fully saturated rings. The van der Waals surface area contributed by atoms with Crippen LogP contribution in [0.1, 0.15) is 22.3 Å². The van der Waals surface area contributed by atoms with Crippen molar-refractivity contribution in [2.75, 3.05) is 33.1 Å². The van der Waals surface area contributed by atoms with E-state index in [1.54, 1.807) is 33.1 Å². The van der Waals surface area contributed by atoms with Crippen molar-refractivity contribution in [2.24, 2.45) is 17.6 Å². The molecule has 35 heavy (non-hydrogen) atoms. The Morgan fingerprint density at radius 1 is 1.20 bits per heavy atom. The highest BCUT2D eigenvalue weighted by atomic mass is 16.3. The second-order valence-electron chi connectivity index (χ2n) is 9.57. The normalized spacial score (nSPS) is 27.9. The summed E-state index contributed by atoms with van der Waals surface area (Å²) in [5.74, 6) is -7.40. The standard InChI is InChI=1S/C23H25N5O7/c1-27(2)12-7-11(26-25)17(29)14-9(12)5-8-6-10-16(28(3)4)19(31)15(22(24)34)21(33)23(10,35)20(32)13(8)18(14)30/h7-8,10,16,35H,5-6H2,1-4H3,(H4-,24,29,30,31,32,33,34)/p+1/t8?,10?,16-,23-/m0/s1. The number of anilines is 1. The van der Waals surface area contributed by atoms with Gasteiger partial charge in [-0.3, -0.25) is 19.3 Å². The molecule has 0 saturated carbocycles. The number of benzene rings is 1. The van der Waals surface area contributed by atoms with E-state index in [9.17, 15) is 40.2 Å². The smallest absolute Gasteiger partial charge is 0.428 e. The van der Waals surface area contributed by atoms with Gasteiger partial charge in [0.1, 0.15) is 17.1 Å². The molecule has 2 unspecified atom stereocenters. The first kappa shape index (κ1) is 24.2. The van der Waals surface area contributed by atoms with Gasteiger partial charge in [-0.15, -0.1) is 0 Å². The molecule has 1 amide bonds. The number of rotatable bonds is 3. The summed E-state index contributed by atoms with van der Waals surface area (Å²) in [5.41, 5.74) is 1.93. The number of aliphatic hydroxyl groups is 3. The minimum Gasteiger partial charge on any atom is -0.510 e. The number of hydrogen-bond donors (Lipinski definition) is 5. The molecular formula is C23H26N5O7+. The van der Waals surface area contributed by atoms with E-state index in [2.05, 4.69) is 4.98 Å². The number of Topliss-reactive ketones (excluding diaryl/α,β-unsaturated/α-hetero) is 2. The maximum absolute atomic E-state index is 13.6. The van der Waals surface area contributed by atoms with E-state index >= 15 is 0 Å². The SMILES string of the molecule is CN(C)c1cc([N+]#N)c(O)c2c1CC1CC3[C@H](N(C)C)C(O)=C(C(N)=O)C(=O)[C@@]3(O)C(O)=C1C2=O. The van der Waals surface area contributed by atoms with Gasteiger partial charge in [-0.05, 0) is 38.4 Å². The van der Waals surface area contributed by atoms with E-state index in [-0.39, 0.29) is 29.7 Å². The molecule has 3 aliphatic carbocycles. The second-order valence-corrected chi connectivity index (χ2v) is 9.57. The summed E-state index contributed by atoms with van der Waals surface area (Å²) in [6.45, 7) is 0. The zero-order valence-corrected chi connectivity index (χ0v) is 19.6. The third-order valence-electron chi connectivity index (χ3n) is 7.27. The molecule has 1 aromatic carbocycles. The van der Waals surface area contributed by atoms with E-state index in [1.165, 1.54) is 11.0 Å². The summed E-state index contributed by atoms with van der Waals surface area (Å²) in [7, 11) is 6.54. The number of aromatic hydroxyl groups is 1. The molecule has 0 spiro atoms. The monoisotopic (exact) mass is 484 g/mol. The summed E-state index contributed by atoms with van der Waals surface area (Å²) < 4.78 is 0. The van der Waals surface area contributed by atoms with Crippen molar-refractivity contribution < 1.29 is 34.8 Å². The van der Waals surface area contributed by atoms with Crippen LogP contribution in [0, 0.1) is 17.2 Å². The van der Waals surface area contributed by atoms with Crippen molar-refractivity contribution in [1.29, 1.82) is 5.39 Å². The number of phenols is 1. The molecule has 4 atom stereocenters. The highest BCUT2D eigenvalue weighted by Gasteiger charge is 2.63. The molecule has 0 bridgehead atoms. The summed E-state index contributed by atoms with van der Waals surface area (Å²) in [6.07, 6.45) is 0.132. The number of nitrogens with zero attached hydrogens (tertiary/aromatic N) is 4. The van der Waals surface area contributed by atoms with Gasteiger partial charge < -0.3 is 31.1 Å². The van der Waals surface area contributed by atoms with E-state index in [4.69, 9.17) is 5.73 Å². The fraction of sp³-hybridized carbons (Fsp3) is 0.435. The van der Waals surface area contributed by atoms with Gasteiger partial charge in [-0.25, -0.2) is 0 Å². The number of likely N-dealkylation sites (N-methyl/N-ethyl adjacent to an activating group) is 1. The number of carbonyl (C=O) groups is 3. The number of phenolic OH excluding ortho intramolecular Hbond substituents is 1. The molecular weight excluding hydrogens is 458 g/mol. The molecule has 3 aliphatic rings. The van der Waals surface area contributed by atoms with Crippen molar-refractivity contribution in [3.05, 3.63) is 44.8 Å². The van der Waals surface area contributed by atoms with Crippen LogP contribution in [0.25, 0.3) is 4.98 Å². The minimum atomic E-state index is -2.70. The van der Waals surface area contributed by atoms with Gasteiger partial charge in [0.05, 0.1) is 17.7 Å². The Balaban J connectivity index is 2.01. The number of carbonyl (C=O) groups excluding carboxylic acids is 3. The highest BCUT2D eigenvalue weighted by Crippen LogP contribution is 2.54. The van der Waals surface area contributed by atoms with Crippen molar-refractivity contribution in [1.82, 2.24) is 4.90 Å². The number of allylic oxidation sites excluding steroid dienone is 1. The van der Waals surface area contributed by atoms with Gasteiger partial charge in [0.25, 0.3) is 5.91 Å². The average molecular weight is 484 g/mol. The van der Waals surface area contributed by atoms with Crippen LogP contribution in [0.4, 0.5) is 11.4 Å². The first-order valence-corrected chi connectivity index (χ1v) is 10.8. The Kier molecular flexibility index (Phi) is 5.38. The lowest BCUT2D eigenvalue weighted by Crippen LogP contribution is -2.63. The molecule has 1 aromatic rings. The number of hydrogen-bond acceptors (Lipinski definition) is 10. The van der Waals surface area contributed by atoms with E-state index < -0.39 is 63.8 Å². The summed E-state index contributed by atoms with van der Waals surface area (Å²) in [4.78, 5) is 45.1. The molecule has 12 nitrogen and oxygen atoms in total. The first-order valence-electron chi connectivity index (χ1n) is 10.8. The number of fused-ring (bicyclic) bond motifs is 3. The molecule has 0 radical (unpaired) electrons. The van der Waals surface area contributed by atoms with Gasteiger partial charge in [0, 0.05) is 31.3 Å². The van der Waals surface area contributed by atoms with Gasteiger partial charge >= 0.3 is 5.69 Å². The Morgan fingerprint density at radius 2 is 1.83 bits per heavy atom. The maximum Gasteiger partial charge on any atom is 0.428 e. The van der Waals surface area contributed by atoms with Gasteiger partial charge in [0.2, 0.25) is 16.9 Å². The molecule has 0 saturated heterocycles. The van der Waals surface area contributed by atoms with Crippen LogP contribution < -0.4 is 10.6 Å². The molecule has 184 valence electrons. The number of aliphatic hydroxyl groups excluding tert-OH is 2. The van der Waals surface area contributed by atoms with Crippen molar-refractivity contribution in [2.45, 2.75) is 24.5 Å². The topological polar surface area (TPSA) is 193 Å². The molecule has 0 aliphatic heterocycles. The number of amides is 1. The Labute approximate surface area is 200 Å². The number of nitrogens with two attached hydrogens (primary N) is 1. The fourth-order valence-corrected chi connectivity index (χ4v) is 5.76. The zero-order chi connectivity index (χ0) is 26.1. The number of ketones is 2. The Bertz CT molecular complexity index is 1310. The van der Waals surface area contributed by atoms with E-state index in [0.717, 1.165) is 0 Å². The summed E-state index contributed by atoms with van der Waals surface area (Å²) in [5, 5.41) is 53.6. The quantitative estimate of drug-likeness (QED) is 0.301. The molecule has 0 aromatic heterocycles. The predicted molar refractivity (Wildman–Crippen MR) is 123 cm³/mol. The fourth-order valence-electron chi connectivity index (χ4n) is 5.76. The van der Waals surface area contributed by atoms with Crippen LogP contribution >= 0.6 is 0 Å². The third kappa shape index (κ3) is 3.05. The summed E-state index contributed by atoms with van der Waals surface area (Å²) >= 11 is 0. The second kappa shape index (κ2) is 7.79. The minimum absolute atomic E-state index is 0.00841. The number of primary amides is 1. The third-order valence-corrected chi connectivity index (χ3v) is 7.27. The van der Waals surface area contributed by atoms with Gasteiger partial charge in [0.15, 0.2) is 16.4 Å². The van der Waals surface area contributed by atoms with Gasteiger partial charge in [-0.1, -0.05) is 0 Å². The van der Waals surface area contributed by atoms with E-state index in [0.29, 0.717) is 11.3 Å². The molecule has 4 rings (SSSR count). The van der Waals surface area contributed by atoms with Crippen molar-refractivity contribution in [3.63, 3.8) is 0 Å². The number of diazo groups is 1. The van der Waals surface area contributed by atoms with Crippen LogP contribution in [0.5, 0.6) is 5.75 Å². The predicted octanol–water partition coefficient (Wildman–Crippen LogP) is 0.671. The van der Waals surface area contributed by atoms with Crippen LogP contribution in [0.3, 0.4) is 0 Å². The molecule has 0 heterocycles. The van der Waals surface area contributed by atoms with Crippen LogP contribution in [-0.2, 0) is 16.0 Å². The first-order chi connectivity index (χ1) is 16.3. The summed E-state index contributed by atoms with van der Waals surface area (Å²) in [6, 6.07) is 0.355. The lowest BCUT2D eigenvalue weighted by Gasteiger charge is -2.50. The zero-order valence-electron chi connectivity index (χ0n) is 19.6. The Morgan fingerprint density at radius 3 is 2.34 bits per heavy atom. The largest absolute Gasteiger partial charge is 0.510 e. The molecule has 12 heteroatoms. The maximum atomic E-state index is 13.6. The molecule has 6 N–H and O–H groups in total. The van der Waals surface area contributed by atoms with Crippen LogP contribution in [0.2, 0.25) is 0 Å². The lowest BCUT2D eigenvalue weighted by atomic mass is 9.58. The lowest BCUT2D eigenvalue weighted by molar-refractivity contribution is -0.148. The van der Waals surface area contributed by atoms with Crippen molar-refractivity contribution in [3.8, 4) is 5.75 Å². The highest BCUT2D eigenvalue weighted by molar-refractivity contribution is 6.25. The van der Waals surface area contributed by atoms with E-state index in [1.807, 2.05) is 0 Å². The van der Waals surface area contributed by atoms with Gasteiger partial charge in [-0.2, -0.15) is 0 Å². The van der Waals surface area contributed by atoms with Crippen molar-refractivity contribution >= 4 is 28.8 Å². The van der Waals surface area contributed by atoms with Crippen LogP contribution in [0.15, 0.2) is 28.7 Å².